The Morgan fingerprint density at radius 1 is 1.56 bits per heavy atom. The normalized spacial score (nSPS) is 13.6. The van der Waals surface area contributed by atoms with E-state index >= 15 is 0 Å². The van der Waals surface area contributed by atoms with E-state index in [0.29, 0.717) is 12.5 Å². The van der Waals surface area contributed by atoms with Gasteiger partial charge in [0, 0.05) is 11.3 Å². The summed E-state index contributed by atoms with van der Waals surface area (Å²) in [5, 5.41) is 5.76. The van der Waals surface area contributed by atoms with E-state index in [9.17, 15) is 4.79 Å². The van der Waals surface area contributed by atoms with Crippen molar-refractivity contribution in [2.45, 2.75) is 25.3 Å². The van der Waals surface area contributed by atoms with Gasteiger partial charge < -0.3 is 11.1 Å². The Morgan fingerprint density at radius 3 is 2.81 bits per heavy atom. The lowest BCUT2D eigenvalue weighted by Crippen LogP contribution is -2.29. The molecule has 0 unspecified atom stereocenters. The number of nitrogens with zero attached hydrogens (tertiary/aromatic N) is 1. The highest BCUT2D eigenvalue weighted by molar-refractivity contribution is 7.09. The van der Waals surface area contributed by atoms with Crippen LogP contribution in [0.25, 0.3) is 0 Å². The first-order valence-electron chi connectivity index (χ1n) is 4.70. The Kier molecular flexibility index (Phi) is 6.90. The molecule has 0 spiro atoms. The van der Waals surface area contributed by atoms with Crippen molar-refractivity contribution in [1.82, 2.24) is 10.3 Å². The summed E-state index contributed by atoms with van der Waals surface area (Å²) in [6.45, 7) is 0.550. The van der Waals surface area contributed by atoms with Gasteiger partial charge in [0.25, 0.3) is 0 Å². The van der Waals surface area contributed by atoms with Crippen LogP contribution >= 0.6 is 36.2 Å². The molecule has 1 aliphatic carbocycles. The number of hydrogen-bond acceptors (Lipinski definition) is 4. The number of rotatable bonds is 4. The maximum absolute atomic E-state index is 10.9. The van der Waals surface area contributed by atoms with Crippen molar-refractivity contribution in [2.24, 2.45) is 5.73 Å². The van der Waals surface area contributed by atoms with Gasteiger partial charge in [-0.3, -0.25) is 4.79 Å². The van der Waals surface area contributed by atoms with Crippen molar-refractivity contribution < 1.29 is 4.79 Å². The summed E-state index contributed by atoms with van der Waals surface area (Å²) in [7, 11) is 0. The van der Waals surface area contributed by atoms with Gasteiger partial charge >= 0.3 is 0 Å². The summed E-state index contributed by atoms with van der Waals surface area (Å²) in [5.41, 5.74) is 6.36. The molecular formula is C9H15Cl2N3OS. The van der Waals surface area contributed by atoms with Crippen LogP contribution in [0.15, 0.2) is 5.38 Å². The molecule has 7 heteroatoms. The van der Waals surface area contributed by atoms with Crippen molar-refractivity contribution in [2.75, 3.05) is 6.54 Å². The molecule has 0 aromatic carbocycles. The molecule has 1 aromatic heterocycles. The van der Waals surface area contributed by atoms with E-state index in [1.165, 1.54) is 18.5 Å². The molecule has 1 fully saturated rings. The van der Waals surface area contributed by atoms with E-state index in [0.717, 1.165) is 5.01 Å². The highest BCUT2D eigenvalue weighted by Crippen LogP contribution is 2.40. The summed E-state index contributed by atoms with van der Waals surface area (Å²) in [6.07, 6.45) is 2.52. The quantitative estimate of drug-likeness (QED) is 0.879. The Bertz CT molecular complexity index is 341. The van der Waals surface area contributed by atoms with Crippen LogP contribution in [-0.4, -0.2) is 17.4 Å². The van der Waals surface area contributed by atoms with E-state index < -0.39 is 0 Å². The van der Waals surface area contributed by atoms with E-state index in [1.807, 2.05) is 0 Å². The summed E-state index contributed by atoms with van der Waals surface area (Å²) < 4.78 is 0. The zero-order valence-corrected chi connectivity index (χ0v) is 11.1. The van der Waals surface area contributed by atoms with Crippen molar-refractivity contribution in [3.63, 3.8) is 0 Å². The minimum absolute atomic E-state index is 0. The largest absolute Gasteiger partial charge is 0.348 e. The number of thiazole rings is 1. The first kappa shape index (κ1) is 15.6. The maximum Gasteiger partial charge on any atom is 0.234 e. The van der Waals surface area contributed by atoms with Gasteiger partial charge in [-0.05, 0) is 12.8 Å². The van der Waals surface area contributed by atoms with Crippen LogP contribution in [0.5, 0.6) is 0 Å². The minimum Gasteiger partial charge on any atom is -0.348 e. The molecule has 0 saturated heterocycles. The molecule has 0 atom stereocenters. The molecule has 1 aliphatic rings. The van der Waals surface area contributed by atoms with Crippen molar-refractivity contribution in [3.8, 4) is 0 Å². The van der Waals surface area contributed by atoms with Crippen LogP contribution in [0.3, 0.4) is 0 Å². The molecule has 1 heterocycles. The Labute approximate surface area is 111 Å². The third kappa shape index (κ3) is 4.25. The van der Waals surface area contributed by atoms with Gasteiger partial charge in [-0.1, -0.05) is 0 Å². The Morgan fingerprint density at radius 2 is 2.25 bits per heavy atom. The van der Waals surface area contributed by atoms with Gasteiger partial charge in [-0.15, -0.1) is 36.2 Å². The molecule has 16 heavy (non-hydrogen) atoms. The summed E-state index contributed by atoms with van der Waals surface area (Å²) >= 11 is 1.60. The van der Waals surface area contributed by atoms with E-state index in [-0.39, 0.29) is 37.3 Å². The lowest BCUT2D eigenvalue weighted by atomic mass is 10.3. The van der Waals surface area contributed by atoms with Crippen molar-refractivity contribution >= 4 is 42.1 Å². The SMILES string of the molecule is Cl.Cl.NCC(=O)NCc1nc(C2CC2)cs1. The predicted octanol–water partition coefficient (Wildman–Crippen LogP) is 1.44. The van der Waals surface area contributed by atoms with Crippen LogP contribution < -0.4 is 11.1 Å². The van der Waals surface area contributed by atoms with Gasteiger partial charge in [0.2, 0.25) is 5.91 Å². The van der Waals surface area contributed by atoms with Crippen LogP contribution in [0.1, 0.15) is 29.5 Å². The van der Waals surface area contributed by atoms with Gasteiger partial charge in [-0.2, -0.15) is 0 Å². The number of halogens is 2. The standard InChI is InChI=1S/C9H13N3OS.2ClH/c10-3-8(13)11-4-9-12-7(5-14-9)6-1-2-6;;/h5-6H,1-4,10H2,(H,11,13);2*1H. The number of amides is 1. The fourth-order valence-electron chi connectivity index (χ4n) is 1.22. The topological polar surface area (TPSA) is 68.0 Å². The molecular weight excluding hydrogens is 269 g/mol. The van der Waals surface area contributed by atoms with Gasteiger partial charge in [0.15, 0.2) is 0 Å². The number of nitrogens with two attached hydrogens (primary N) is 1. The maximum atomic E-state index is 10.9. The Hall–Kier alpha value is -0.360. The molecule has 0 radical (unpaired) electrons. The third-order valence-corrected chi connectivity index (χ3v) is 3.05. The van der Waals surface area contributed by atoms with E-state index in [4.69, 9.17) is 5.73 Å². The molecule has 1 saturated carbocycles. The highest BCUT2D eigenvalue weighted by Gasteiger charge is 2.25. The average Bonchev–Trinajstić information content (AvgIpc) is 2.95. The lowest BCUT2D eigenvalue weighted by Gasteiger charge is -1.98. The fourth-order valence-corrected chi connectivity index (χ4v) is 2.03. The second-order valence-corrected chi connectivity index (χ2v) is 4.36. The monoisotopic (exact) mass is 283 g/mol. The summed E-state index contributed by atoms with van der Waals surface area (Å²) in [5.74, 6) is 0.554. The first-order valence-corrected chi connectivity index (χ1v) is 5.58. The van der Waals surface area contributed by atoms with Gasteiger partial charge in [0.05, 0.1) is 18.8 Å². The second-order valence-electron chi connectivity index (χ2n) is 3.42. The number of aromatic nitrogens is 1. The molecule has 0 bridgehead atoms. The molecule has 0 aliphatic heterocycles. The highest BCUT2D eigenvalue weighted by atomic mass is 35.5. The van der Waals surface area contributed by atoms with Crippen LogP contribution in [0.2, 0.25) is 0 Å². The van der Waals surface area contributed by atoms with Crippen molar-refractivity contribution in [1.29, 1.82) is 0 Å². The number of carbonyl (C=O) groups excluding carboxylic acids is 1. The van der Waals surface area contributed by atoms with Crippen molar-refractivity contribution in [3.05, 3.63) is 16.1 Å². The van der Waals surface area contributed by atoms with E-state index in [2.05, 4.69) is 15.7 Å². The minimum atomic E-state index is -0.131. The molecule has 3 N–H and O–H groups in total. The van der Waals surface area contributed by atoms with Crippen LogP contribution in [-0.2, 0) is 11.3 Å². The summed E-state index contributed by atoms with van der Waals surface area (Å²) in [4.78, 5) is 15.3. The van der Waals surface area contributed by atoms with Crippen LogP contribution in [0.4, 0.5) is 0 Å². The molecule has 4 nitrogen and oxygen atoms in total. The molecule has 1 amide bonds. The third-order valence-electron chi connectivity index (χ3n) is 2.19. The molecule has 1 aromatic rings. The number of nitrogens with one attached hydrogen (secondary N) is 1. The molecule has 2 rings (SSSR count). The summed E-state index contributed by atoms with van der Waals surface area (Å²) in [6, 6.07) is 0. The molecule has 92 valence electrons. The average molecular weight is 284 g/mol. The smallest absolute Gasteiger partial charge is 0.234 e. The van der Waals surface area contributed by atoms with Gasteiger partial charge in [-0.25, -0.2) is 4.98 Å². The first-order chi connectivity index (χ1) is 6.79. The van der Waals surface area contributed by atoms with E-state index in [1.54, 1.807) is 11.3 Å². The van der Waals surface area contributed by atoms with Gasteiger partial charge in [0.1, 0.15) is 5.01 Å². The number of carbonyl (C=O) groups is 1. The van der Waals surface area contributed by atoms with Crippen LogP contribution in [0, 0.1) is 0 Å². The fraction of sp³-hybridized carbons (Fsp3) is 0.556. The zero-order valence-electron chi connectivity index (χ0n) is 8.64. The predicted molar refractivity (Wildman–Crippen MR) is 69.5 cm³/mol. The number of hydrogen-bond donors (Lipinski definition) is 2. The Balaban J connectivity index is 0.00000112. The lowest BCUT2D eigenvalue weighted by molar-refractivity contribution is -0.119. The zero-order chi connectivity index (χ0) is 9.97. The second kappa shape index (κ2) is 7.06.